The highest BCUT2D eigenvalue weighted by Gasteiger charge is 2.06. The number of benzene rings is 2. The zero-order valence-electron chi connectivity index (χ0n) is 13.1. The molecule has 3 aromatic rings. The maximum atomic E-state index is 11.8. The molecule has 0 atom stereocenters. The first-order valence-corrected chi connectivity index (χ1v) is 9.07. The van der Waals surface area contributed by atoms with Crippen LogP contribution in [-0.4, -0.2) is 24.7 Å². The lowest BCUT2D eigenvalue weighted by molar-refractivity contribution is 0.246. The first-order chi connectivity index (χ1) is 11.7. The van der Waals surface area contributed by atoms with Gasteiger partial charge in [-0.1, -0.05) is 24.3 Å². The fraction of sp³-hybridized carbons (Fsp3) is 0.176. The van der Waals surface area contributed by atoms with Gasteiger partial charge in [-0.2, -0.15) is 0 Å². The lowest BCUT2D eigenvalue weighted by Crippen LogP contribution is -2.32. The lowest BCUT2D eigenvalue weighted by atomic mass is 10.1. The lowest BCUT2D eigenvalue weighted by Gasteiger charge is -2.06. The minimum atomic E-state index is -0.215. The molecule has 1 aromatic heterocycles. The number of urea groups is 1. The van der Waals surface area contributed by atoms with Gasteiger partial charge in [-0.25, -0.2) is 9.78 Å². The third-order valence-corrected chi connectivity index (χ3v) is 5.25. The van der Waals surface area contributed by atoms with E-state index in [4.69, 9.17) is 4.74 Å². The molecule has 2 N–H and O–H groups in total. The van der Waals surface area contributed by atoms with Crippen molar-refractivity contribution in [3.8, 4) is 5.75 Å². The number of nitrogens with zero attached hydrogens (tertiary/aromatic N) is 1. The van der Waals surface area contributed by atoms with Crippen LogP contribution in [-0.2, 0) is 6.42 Å². The molecule has 5 nitrogen and oxygen atoms in total. The van der Waals surface area contributed by atoms with E-state index in [0.29, 0.717) is 6.54 Å². The smallest absolute Gasteiger partial charge is 0.325 e. The van der Waals surface area contributed by atoms with Crippen molar-refractivity contribution in [1.82, 2.24) is 15.0 Å². The summed E-state index contributed by atoms with van der Waals surface area (Å²) in [5, 5.41) is 2.84. The predicted molar refractivity (Wildman–Crippen MR) is 98.7 cm³/mol. The molecule has 0 unspecified atom stereocenters. The second kappa shape index (κ2) is 8.03. The largest absolute Gasteiger partial charge is 0.497 e. The maximum absolute atomic E-state index is 11.8. The van der Waals surface area contributed by atoms with Gasteiger partial charge in [-0.05, 0) is 36.2 Å². The fourth-order valence-corrected chi connectivity index (χ4v) is 3.79. The molecule has 0 aliphatic heterocycles. The minimum absolute atomic E-state index is 0.215. The molecule has 7 heteroatoms. The molecule has 0 radical (unpaired) electrons. The van der Waals surface area contributed by atoms with Gasteiger partial charge in [0.2, 0.25) is 0 Å². The second-order valence-corrected chi connectivity index (χ2v) is 7.09. The quantitative estimate of drug-likeness (QED) is 0.656. The fourth-order valence-electron chi connectivity index (χ4n) is 2.13. The topological polar surface area (TPSA) is 63.2 Å². The Balaban J connectivity index is 1.42. The van der Waals surface area contributed by atoms with Crippen LogP contribution in [0.5, 0.6) is 5.75 Å². The van der Waals surface area contributed by atoms with Crippen LogP contribution in [0, 0.1) is 0 Å². The van der Waals surface area contributed by atoms with Crippen molar-refractivity contribution in [1.29, 1.82) is 0 Å². The Morgan fingerprint density at radius 3 is 2.75 bits per heavy atom. The Morgan fingerprint density at radius 2 is 2.00 bits per heavy atom. The van der Waals surface area contributed by atoms with Gasteiger partial charge in [-0.15, -0.1) is 11.3 Å². The van der Waals surface area contributed by atoms with Crippen molar-refractivity contribution in [2.24, 2.45) is 0 Å². The molecular weight excluding hydrogens is 342 g/mol. The average molecular weight is 359 g/mol. The van der Waals surface area contributed by atoms with Crippen LogP contribution in [0.25, 0.3) is 10.2 Å². The zero-order chi connectivity index (χ0) is 16.8. The minimum Gasteiger partial charge on any atom is -0.497 e. The SMILES string of the molecule is COc1ccc(CCNC(=O)NSc2nc3ccccc3s2)cc1. The number of carbonyl (C=O) groups is 1. The van der Waals surface area contributed by atoms with E-state index in [1.165, 1.54) is 11.9 Å². The normalized spacial score (nSPS) is 10.5. The summed E-state index contributed by atoms with van der Waals surface area (Å²) in [5.74, 6) is 0.830. The van der Waals surface area contributed by atoms with Crippen LogP contribution in [0.1, 0.15) is 5.56 Å². The molecule has 0 fully saturated rings. The number of para-hydroxylation sites is 1. The number of rotatable bonds is 6. The van der Waals surface area contributed by atoms with E-state index in [9.17, 15) is 4.79 Å². The van der Waals surface area contributed by atoms with Gasteiger partial charge in [0.05, 0.1) is 17.3 Å². The van der Waals surface area contributed by atoms with Crippen molar-refractivity contribution in [3.63, 3.8) is 0 Å². The van der Waals surface area contributed by atoms with Crippen molar-refractivity contribution in [2.75, 3.05) is 13.7 Å². The number of methoxy groups -OCH3 is 1. The van der Waals surface area contributed by atoms with Crippen molar-refractivity contribution in [2.45, 2.75) is 10.8 Å². The van der Waals surface area contributed by atoms with Crippen LogP contribution < -0.4 is 14.8 Å². The Bertz CT molecular complexity index is 785. The number of carbonyl (C=O) groups excluding carboxylic acids is 1. The van der Waals surface area contributed by atoms with Crippen molar-refractivity contribution < 1.29 is 9.53 Å². The van der Waals surface area contributed by atoms with E-state index in [-0.39, 0.29) is 6.03 Å². The molecule has 0 saturated heterocycles. The molecule has 2 amide bonds. The summed E-state index contributed by atoms with van der Waals surface area (Å²) in [7, 11) is 1.64. The number of nitrogens with one attached hydrogen (secondary N) is 2. The Morgan fingerprint density at radius 1 is 1.21 bits per heavy atom. The summed E-state index contributed by atoms with van der Waals surface area (Å²) in [5.41, 5.74) is 2.10. The maximum Gasteiger partial charge on any atom is 0.325 e. The molecule has 0 spiro atoms. The van der Waals surface area contributed by atoms with E-state index in [1.54, 1.807) is 18.4 Å². The highest BCUT2D eigenvalue weighted by atomic mass is 32.2. The Kier molecular flexibility index (Phi) is 5.55. The summed E-state index contributed by atoms with van der Waals surface area (Å²) >= 11 is 2.80. The third kappa shape index (κ3) is 4.39. The van der Waals surface area contributed by atoms with Gasteiger partial charge in [0.15, 0.2) is 4.34 Å². The first kappa shape index (κ1) is 16.6. The molecule has 0 aliphatic carbocycles. The summed E-state index contributed by atoms with van der Waals surface area (Å²) in [4.78, 5) is 16.3. The molecule has 0 aliphatic rings. The number of thiazole rings is 1. The molecular formula is C17H17N3O2S2. The third-order valence-electron chi connectivity index (χ3n) is 3.36. The van der Waals surface area contributed by atoms with E-state index < -0.39 is 0 Å². The van der Waals surface area contributed by atoms with Gasteiger partial charge in [0.25, 0.3) is 0 Å². The van der Waals surface area contributed by atoms with Crippen LogP contribution in [0.15, 0.2) is 52.9 Å². The van der Waals surface area contributed by atoms with Gasteiger partial charge in [0, 0.05) is 18.5 Å². The van der Waals surface area contributed by atoms with Crippen molar-refractivity contribution in [3.05, 3.63) is 54.1 Å². The van der Waals surface area contributed by atoms with Gasteiger partial charge in [0.1, 0.15) is 5.75 Å². The zero-order valence-corrected chi connectivity index (χ0v) is 14.7. The number of hydrogen-bond acceptors (Lipinski definition) is 5. The summed E-state index contributed by atoms with van der Waals surface area (Å²) in [6.45, 7) is 0.568. The highest BCUT2D eigenvalue weighted by molar-refractivity contribution is 7.99. The molecule has 1 heterocycles. The summed E-state index contributed by atoms with van der Waals surface area (Å²) < 4.78 is 9.81. The molecule has 24 heavy (non-hydrogen) atoms. The van der Waals surface area contributed by atoms with E-state index in [1.807, 2.05) is 48.5 Å². The molecule has 0 saturated carbocycles. The average Bonchev–Trinajstić information content (AvgIpc) is 3.03. The van der Waals surface area contributed by atoms with E-state index >= 15 is 0 Å². The van der Waals surface area contributed by atoms with E-state index in [2.05, 4.69) is 15.0 Å². The molecule has 124 valence electrons. The van der Waals surface area contributed by atoms with Gasteiger partial charge >= 0.3 is 6.03 Å². The number of hydrogen-bond donors (Lipinski definition) is 2. The number of amides is 2. The number of aromatic nitrogens is 1. The van der Waals surface area contributed by atoms with Crippen LogP contribution >= 0.6 is 23.3 Å². The summed E-state index contributed by atoms with van der Waals surface area (Å²) in [6.07, 6.45) is 0.767. The number of fused-ring (bicyclic) bond motifs is 1. The van der Waals surface area contributed by atoms with Gasteiger partial charge in [-0.3, -0.25) is 4.72 Å². The van der Waals surface area contributed by atoms with E-state index in [0.717, 1.165) is 32.3 Å². The summed E-state index contributed by atoms with van der Waals surface area (Å²) in [6, 6.07) is 15.5. The monoisotopic (exact) mass is 359 g/mol. The first-order valence-electron chi connectivity index (χ1n) is 7.44. The van der Waals surface area contributed by atoms with Crippen LogP contribution in [0.2, 0.25) is 0 Å². The number of ether oxygens (including phenoxy) is 1. The van der Waals surface area contributed by atoms with Crippen LogP contribution in [0.4, 0.5) is 4.79 Å². The van der Waals surface area contributed by atoms with Gasteiger partial charge < -0.3 is 10.1 Å². The Labute approximate surface area is 148 Å². The molecule has 3 rings (SSSR count). The standard InChI is InChI=1S/C17H17N3O2S2/c1-22-13-8-6-12(7-9-13)10-11-18-16(21)20-24-17-19-14-4-2-3-5-15(14)23-17/h2-9H,10-11H2,1H3,(H2,18,20,21). The highest BCUT2D eigenvalue weighted by Crippen LogP contribution is 2.27. The van der Waals surface area contributed by atoms with Crippen molar-refractivity contribution >= 4 is 39.5 Å². The Hall–Kier alpha value is -2.25. The second-order valence-electron chi connectivity index (χ2n) is 5.01. The van der Waals surface area contributed by atoms with Crippen LogP contribution in [0.3, 0.4) is 0 Å². The molecule has 0 bridgehead atoms. The molecule has 2 aromatic carbocycles. The predicted octanol–water partition coefficient (Wildman–Crippen LogP) is 3.85.